The minimum absolute atomic E-state index is 0.0479. The third-order valence-electron chi connectivity index (χ3n) is 2.73. The standard InChI is InChI=1S/C11H13N5S/c1-15-6-8(5-13-15)10(12)4-9-7-16-2-3-17-11(16)14-9/h2-3,5-7,10H,4,12H2,1H3. The van der Waals surface area contributed by atoms with Gasteiger partial charge in [0.25, 0.3) is 0 Å². The number of nitrogens with zero attached hydrogens (tertiary/aromatic N) is 4. The van der Waals surface area contributed by atoms with Crippen LogP contribution in [0.2, 0.25) is 0 Å². The van der Waals surface area contributed by atoms with Crippen molar-refractivity contribution in [3.05, 3.63) is 41.4 Å². The van der Waals surface area contributed by atoms with Crippen molar-refractivity contribution in [1.82, 2.24) is 19.2 Å². The largest absolute Gasteiger partial charge is 0.324 e. The molecule has 0 fully saturated rings. The fourth-order valence-corrected chi connectivity index (χ4v) is 2.57. The number of rotatable bonds is 3. The average Bonchev–Trinajstić information content (AvgIpc) is 2.92. The summed E-state index contributed by atoms with van der Waals surface area (Å²) in [5.41, 5.74) is 8.20. The Morgan fingerprint density at radius 1 is 1.47 bits per heavy atom. The maximum Gasteiger partial charge on any atom is 0.193 e. The molecular weight excluding hydrogens is 234 g/mol. The van der Waals surface area contributed by atoms with Crippen molar-refractivity contribution in [2.24, 2.45) is 12.8 Å². The number of aryl methyl sites for hydroxylation is 1. The molecule has 2 N–H and O–H groups in total. The molecule has 3 aromatic heterocycles. The number of nitrogens with two attached hydrogens (primary N) is 1. The van der Waals surface area contributed by atoms with Gasteiger partial charge in [-0.05, 0) is 0 Å². The summed E-state index contributed by atoms with van der Waals surface area (Å²) in [6.45, 7) is 0. The highest BCUT2D eigenvalue weighted by atomic mass is 32.1. The van der Waals surface area contributed by atoms with Crippen LogP contribution in [0.25, 0.3) is 4.96 Å². The Morgan fingerprint density at radius 2 is 2.35 bits per heavy atom. The van der Waals surface area contributed by atoms with Crippen molar-refractivity contribution in [2.45, 2.75) is 12.5 Å². The van der Waals surface area contributed by atoms with Gasteiger partial charge in [-0.3, -0.25) is 9.08 Å². The van der Waals surface area contributed by atoms with Gasteiger partial charge < -0.3 is 5.73 Å². The third kappa shape index (κ3) is 1.96. The summed E-state index contributed by atoms with van der Waals surface area (Å²) < 4.78 is 3.79. The van der Waals surface area contributed by atoms with E-state index in [0.29, 0.717) is 0 Å². The van der Waals surface area contributed by atoms with Crippen LogP contribution in [0.4, 0.5) is 0 Å². The fraction of sp³-hybridized carbons (Fsp3) is 0.273. The van der Waals surface area contributed by atoms with E-state index < -0.39 is 0 Å². The second kappa shape index (κ2) is 3.97. The molecule has 0 aliphatic heterocycles. The van der Waals surface area contributed by atoms with Crippen molar-refractivity contribution < 1.29 is 0 Å². The molecule has 1 atom stereocenters. The first kappa shape index (κ1) is 10.5. The van der Waals surface area contributed by atoms with E-state index in [-0.39, 0.29) is 6.04 Å². The highest BCUT2D eigenvalue weighted by Crippen LogP contribution is 2.17. The molecule has 1 unspecified atom stereocenters. The number of fused-ring (bicyclic) bond motifs is 1. The monoisotopic (exact) mass is 247 g/mol. The number of aromatic nitrogens is 4. The lowest BCUT2D eigenvalue weighted by Gasteiger charge is -2.06. The Kier molecular flexibility index (Phi) is 2.45. The second-order valence-electron chi connectivity index (χ2n) is 4.08. The smallest absolute Gasteiger partial charge is 0.193 e. The first-order valence-electron chi connectivity index (χ1n) is 5.37. The summed E-state index contributed by atoms with van der Waals surface area (Å²) in [5, 5.41) is 6.15. The average molecular weight is 247 g/mol. The highest BCUT2D eigenvalue weighted by molar-refractivity contribution is 7.15. The molecule has 3 rings (SSSR count). The molecule has 0 aliphatic carbocycles. The van der Waals surface area contributed by atoms with Crippen LogP contribution < -0.4 is 5.73 Å². The molecule has 88 valence electrons. The minimum Gasteiger partial charge on any atom is -0.324 e. The van der Waals surface area contributed by atoms with Crippen molar-refractivity contribution in [3.63, 3.8) is 0 Å². The van der Waals surface area contributed by atoms with E-state index in [1.165, 1.54) is 0 Å². The maximum absolute atomic E-state index is 6.13. The molecule has 0 saturated heterocycles. The zero-order valence-corrected chi connectivity index (χ0v) is 10.3. The van der Waals surface area contributed by atoms with Crippen molar-refractivity contribution in [1.29, 1.82) is 0 Å². The Bertz CT molecular complexity index is 606. The number of thiazole rings is 1. The Morgan fingerprint density at radius 3 is 3.06 bits per heavy atom. The second-order valence-corrected chi connectivity index (χ2v) is 4.96. The lowest BCUT2D eigenvalue weighted by Crippen LogP contribution is -2.12. The molecule has 3 heterocycles. The van der Waals surface area contributed by atoms with Crippen LogP contribution in [-0.4, -0.2) is 19.2 Å². The van der Waals surface area contributed by atoms with Gasteiger partial charge in [0.15, 0.2) is 4.96 Å². The van der Waals surface area contributed by atoms with Gasteiger partial charge in [0.1, 0.15) is 0 Å². The molecule has 3 aromatic rings. The topological polar surface area (TPSA) is 61.1 Å². The van der Waals surface area contributed by atoms with E-state index in [9.17, 15) is 0 Å². The van der Waals surface area contributed by atoms with E-state index in [4.69, 9.17) is 5.73 Å². The van der Waals surface area contributed by atoms with Gasteiger partial charge in [-0.2, -0.15) is 5.10 Å². The molecule has 6 heteroatoms. The van der Waals surface area contributed by atoms with Gasteiger partial charge in [-0.15, -0.1) is 11.3 Å². The Balaban J connectivity index is 1.80. The van der Waals surface area contributed by atoms with Crippen LogP contribution in [0, 0.1) is 0 Å². The van der Waals surface area contributed by atoms with Crippen LogP contribution >= 0.6 is 11.3 Å². The van der Waals surface area contributed by atoms with Gasteiger partial charge >= 0.3 is 0 Å². The quantitative estimate of drug-likeness (QED) is 0.760. The number of hydrogen-bond acceptors (Lipinski definition) is 4. The zero-order valence-electron chi connectivity index (χ0n) is 9.45. The van der Waals surface area contributed by atoms with Gasteiger partial charge in [-0.25, -0.2) is 4.98 Å². The van der Waals surface area contributed by atoms with Gasteiger partial charge in [0.2, 0.25) is 0 Å². The number of imidazole rings is 1. The van der Waals surface area contributed by atoms with Gasteiger partial charge in [0.05, 0.1) is 11.9 Å². The molecular formula is C11H13N5S. The van der Waals surface area contributed by atoms with E-state index in [2.05, 4.69) is 10.1 Å². The van der Waals surface area contributed by atoms with E-state index in [1.54, 1.807) is 16.0 Å². The molecule has 5 nitrogen and oxygen atoms in total. The molecule has 0 aromatic carbocycles. The van der Waals surface area contributed by atoms with Gasteiger partial charge in [0, 0.05) is 49.0 Å². The van der Waals surface area contributed by atoms with Crippen LogP contribution in [0.15, 0.2) is 30.2 Å². The summed E-state index contributed by atoms with van der Waals surface area (Å²) in [5.74, 6) is 0. The van der Waals surface area contributed by atoms with E-state index >= 15 is 0 Å². The Labute approximate surface area is 103 Å². The molecule has 0 radical (unpaired) electrons. The minimum atomic E-state index is -0.0479. The Hall–Kier alpha value is -1.66. The lowest BCUT2D eigenvalue weighted by molar-refractivity contribution is 0.706. The van der Waals surface area contributed by atoms with Crippen molar-refractivity contribution in [2.75, 3.05) is 0 Å². The van der Waals surface area contributed by atoms with Crippen LogP contribution in [0.5, 0.6) is 0 Å². The van der Waals surface area contributed by atoms with Crippen LogP contribution in [0.1, 0.15) is 17.3 Å². The summed E-state index contributed by atoms with van der Waals surface area (Å²) in [6, 6.07) is -0.0479. The molecule has 0 amide bonds. The molecule has 17 heavy (non-hydrogen) atoms. The molecule has 0 spiro atoms. The summed E-state index contributed by atoms with van der Waals surface area (Å²) >= 11 is 1.63. The predicted octanol–water partition coefficient (Wildman–Crippen LogP) is 1.37. The molecule has 0 saturated carbocycles. The first-order chi connectivity index (χ1) is 8.22. The summed E-state index contributed by atoms with van der Waals surface area (Å²) in [4.78, 5) is 5.53. The van der Waals surface area contributed by atoms with E-state index in [0.717, 1.165) is 22.6 Å². The van der Waals surface area contributed by atoms with Crippen LogP contribution in [0.3, 0.4) is 0 Å². The SMILES string of the molecule is Cn1cc(C(N)Cc2cn3ccsc3n2)cn1. The zero-order chi connectivity index (χ0) is 11.8. The lowest BCUT2D eigenvalue weighted by atomic mass is 10.1. The molecule has 0 bridgehead atoms. The first-order valence-corrected chi connectivity index (χ1v) is 6.25. The van der Waals surface area contributed by atoms with Crippen molar-refractivity contribution in [3.8, 4) is 0 Å². The highest BCUT2D eigenvalue weighted by Gasteiger charge is 2.11. The predicted molar refractivity (Wildman–Crippen MR) is 66.9 cm³/mol. The van der Waals surface area contributed by atoms with E-state index in [1.807, 2.05) is 41.6 Å². The normalized spacial score (nSPS) is 13.3. The maximum atomic E-state index is 6.13. The third-order valence-corrected chi connectivity index (χ3v) is 3.50. The van der Waals surface area contributed by atoms with Gasteiger partial charge in [-0.1, -0.05) is 0 Å². The van der Waals surface area contributed by atoms with Crippen LogP contribution in [-0.2, 0) is 13.5 Å². The summed E-state index contributed by atoms with van der Waals surface area (Å²) in [6.07, 6.45) is 8.53. The number of hydrogen-bond donors (Lipinski definition) is 1. The van der Waals surface area contributed by atoms with Crippen molar-refractivity contribution >= 4 is 16.3 Å². The fourth-order valence-electron chi connectivity index (χ4n) is 1.85. The summed E-state index contributed by atoms with van der Waals surface area (Å²) in [7, 11) is 1.89. The molecule has 0 aliphatic rings.